The number of rotatable bonds is 5. The van der Waals surface area contributed by atoms with Gasteiger partial charge in [-0.25, -0.2) is 0 Å². The molecule has 0 aliphatic carbocycles. The molecule has 3 aromatic heterocycles. The van der Waals surface area contributed by atoms with Gasteiger partial charge in [0.25, 0.3) is 0 Å². The number of nitrogens with one attached hydrogen (secondary N) is 2. The Morgan fingerprint density at radius 3 is 3.00 bits per heavy atom. The fraction of sp³-hybridized carbons (Fsp3) is 0.333. The Morgan fingerprint density at radius 2 is 2.33 bits per heavy atom. The van der Waals surface area contributed by atoms with Gasteiger partial charge in [-0.05, 0) is 31.4 Å². The Kier molecular flexibility index (Phi) is 3.90. The number of nitrogens with zero attached hydrogens (tertiary/aromatic N) is 3. The van der Waals surface area contributed by atoms with Crippen molar-refractivity contribution in [3.63, 3.8) is 0 Å². The fourth-order valence-corrected chi connectivity index (χ4v) is 3.00. The summed E-state index contributed by atoms with van der Waals surface area (Å²) in [7, 11) is 1.97. The van der Waals surface area contributed by atoms with Crippen molar-refractivity contribution in [3.05, 3.63) is 46.7 Å². The molecule has 0 amide bonds. The molecule has 1 unspecified atom stereocenters. The quantitative estimate of drug-likeness (QED) is 0.761. The summed E-state index contributed by atoms with van der Waals surface area (Å²) in [6.07, 6.45) is 1.93. The molecule has 0 bridgehead atoms. The number of thiophene rings is 1. The average Bonchev–Trinajstić information content (AvgIpc) is 3.19. The van der Waals surface area contributed by atoms with Gasteiger partial charge >= 0.3 is 0 Å². The number of hydrogen-bond donors (Lipinski definition) is 2. The molecule has 21 heavy (non-hydrogen) atoms. The molecule has 0 spiro atoms. The molecule has 0 saturated heterocycles. The number of H-pyrrole nitrogens is 1. The van der Waals surface area contributed by atoms with E-state index < -0.39 is 0 Å². The van der Waals surface area contributed by atoms with Crippen LogP contribution in [0.5, 0.6) is 0 Å². The van der Waals surface area contributed by atoms with Crippen LogP contribution in [0.3, 0.4) is 0 Å². The van der Waals surface area contributed by atoms with Crippen LogP contribution in [-0.2, 0) is 13.6 Å². The standard InChI is InChI=1S/C15H19N5S/c1-10(13-9-17-20(3)11(13)2)16-8-12-7-14(19-18-12)15-5-4-6-21-15/h4-7,9-10,16H,8H2,1-3H3,(H,18,19). The second-order valence-corrected chi connectivity index (χ2v) is 6.11. The molecule has 3 heterocycles. The van der Waals surface area contributed by atoms with Crippen LogP contribution in [0.2, 0.25) is 0 Å². The van der Waals surface area contributed by atoms with E-state index in [1.54, 1.807) is 11.3 Å². The van der Waals surface area contributed by atoms with Gasteiger partial charge in [0.2, 0.25) is 0 Å². The molecule has 2 N–H and O–H groups in total. The van der Waals surface area contributed by atoms with Crippen molar-refractivity contribution in [1.82, 2.24) is 25.3 Å². The first-order valence-corrected chi connectivity index (χ1v) is 7.83. The highest BCUT2D eigenvalue weighted by Crippen LogP contribution is 2.23. The van der Waals surface area contributed by atoms with Gasteiger partial charge in [0.15, 0.2) is 0 Å². The summed E-state index contributed by atoms with van der Waals surface area (Å²) < 4.78 is 1.90. The van der Waals surface area contributed by atoms with Crippen LogP contribution in [0, 0.1) is 6.92 Å². The van der Waals surface area contributed by atoms with E-state index in [-0.39, 0.29) is 6.04 Å². The van der Waals surface area contributed by atoms with Crippen LogP contribution < -0.4 is 5.32 Å². The maximum atomic E-state index is 4.36. The molecule has 5 nitrogen and oxygen atoms in total. The Morgan fingerprint density at radius 1 is 1.48 bits per heavy atom. The second-order valence-electron chi connectivity index (χ2n) is 5.17. The number of aromatic nitrogens is 4. The zero-order valence-electron chi connectivity index (χ0n) is 12.4. The number of aromatic amines is 1. The highest BCUT2D eigenvalue weighted by Gasteiger charge is 2.12. The van der Waals surface area contributed by atoms with Gasteiger partial charge in [-0.3, -0.25) is 9.78 Å². The maximum Gasteiger partial charge on any atom is 0.102 e. The number of aryl methyl sites for hydroxylation is 1. The summed E-state index contributed by atoms with van der Waals surface area (Å²) in [6, 6.07) is 6.48. The lowest BCUT2D eigenvalue weighted by Gasteiger charge is -2.12. The molecule has 0 fully saturated rings. The molecule has 0 aliphatic rings. The zero-order valence-corrected chi connectivity index (χ0v) is 13.2. The summed E-state index contributed by atoms with van der Waals surface area (Å²) in [5.41, 5.74) is 4.52. The first-order chi connectivity index (χ1) is 10.1. The predicted molar refractivity (Wildman–Crippen MR) is 85.1 cm³/mol. The summed E-state index contributed by atoms with van der Waals surface area (Å²) in [6.45, 7) is 5.00. The Balaban J connectivity index is 1.64. The van der Waals surface area contributed by atoms with Gasteiger partial charge in [0, 0.05) is 36.6 Å². The van der Waals surface area contributed by atoms with Crippen molar-refractivity contribution in [2.45, 2.75) is 26.4 Å². The van der Waals surface area contributed by atoms with Crippen molar-refractivity contribution in [3.8, 4) is 10.6 Å². The SMILES string of the molecule is Cc1c(C(C)NCc2cc(-c3cccs3)n[nH]2)cnn1C. The maximum absolute atomic E-state index is 4.36. The van der Waals surface area contributed by atoms with Crippen molar-refractivity contribution in [2.75, 3.05) is 0 Å². The van der Waals surface area contributed by atoms with Crippen molar-refractivity contribution in [2.24, 2.45) is 7.05 Å². The molecule has 0 saturated carbocycles. The first-order valence-electron chi connectivity index (χ1n) is 6.95. The van der Waals surface area contributed by atoms with E-state index in [0.29, 0.717) is 0 Å². The van der Waals surface area contributed by atoms with Crippen LogP contribution in [0.15, 0.2) is 29.8 Å². The van der Waals surface area contributed by atoms with E-state index in [1.807, 2.05) is 24.0 Å². The Labute approximate surface area is 128 Å². The minimum absolute atomic E-state index is 0.257. The van der Waals surface area contributed by atoms with Crippen LogP contribution in [0.1, 0.15) is 29.9 Å². The topological polar surface area (TPSA) is 58.5 Å². The third kappa shape index (κ3) is 2.91. The molecule has 0 aromatic carbocycles. The molecule has 0 radical (unpaired) electrons. The molecular weight excluding hydrogens is 282 g/mol. The third-order valence-electron chi connectivity index (χ3n) is 3.74. The third-order valence-corrected chi connectivity index (χ3v) is 4.64. The second kappa shape index (κ2) is 5.83. The van der Waals surface area contributed by atoms with Crippen LogP contribution in [0.4, 0.5) is 0 Å². The fourth-order valence-electron chi connectivity index (χ4n) is 2.32. The smallest absolute Gasteiger partial charge is 0.102 e. The van der Waals surface area contributed by atoms with Gasteiger partial charge in [-0.2, -0.15) is 10.2 Å². The predicted octanol–water partition coefficient (Wildman–Crippen LogP) is 3.03. The van der Waals surface area contributed by atoms with Gasteiger partial charge in [0.1, 0.15) is 5.69 Å². The average molecular weight is 301 g/mol. The molecule has 110 valence electrons. The minimum atomic E-state index is 0.257. The molecule has 3 aromatic rings. The van der Waals surface area contributed by atoms with E-state index in [9.17, 15) is 0 Å². The van der Waals surface area contributed by atoms with Crippen molar-refractivity contribution >= 4 is 11.3 Å². The van der Waals surface area contributed by atoms with E-state index in [1.165, 1.54) is 16.1 Å². The van der Waals surface area contributed by atoms with Gasteiger partial charge in [-0.1, -0.05) is 6.07 Å². The van der Waals surface area contributed by atoms with Crippen LogP contribution in [-0.4, -0.2) is 20.0 Å². The lowest BCUT2D eigenvalue weighted by molar-refractivity contribution is 0.563. The van der Waals surface area contributed by atoms with Gasteiger partial charge in [-0.15, -0.1) is 11.3 Å². The van der Waals surface area contributed by atoms with Gasteiger partial charge in [0.05, 0.1) is 11.1 Å². The Hall–Kier alpha value is -1.92. The van der Waals surface area contributed by atoms with E-state index >= 15 is 0 Å². The molecular formula is C15H19N5S. The van der Waals surface area contributed by atoms with Crippen molar-refractivity contribution in [1.29, 1.82) is 0 Å². The summed E-state index contributed by atoms with van der Waals surface area (Å²) in [4.78, 5) is 1.19. The molecule has 0 aliphatic heterocycles. The zero-order chi connectivity index (χ0) is 14.8. The summed E-state index contributed by atoms with van der Waals surface area (Å²) >= 11 is 1.70. The lowest BCUT2D eigenvalue weighted by Crippen LogP contribution is -2.18. The summed E-state index contributed by atoms with van der Waals surface area (Å²) in [5.74, 6) is 0. The normalized spacial score (nSPS) is 12.7. The van der Waals surface area contributed by atoms with Gasteiger partial charge < -0.3 is 5.32 Å². The summed E-state index contributed by atoms with van der Waals surface area (Å²) in [5, 5.41) is 17.3. The monoisotopic (exact) mass is 301 g/mol. The van der Waals surface area contributed by atoms with E-state index in [2.05, 4.69) is 52.0 Å². The molecule has 1 atom stereocenters. The first kappa shape index (κ1) is 14.0. The van der Waals surface area contributed by atoms with Crippen molar-refractivity contribution < 1.29 is 0 Å². The minimum Gasteiger partial charge on any atom is -0.304 e. The lowest BCUT2D eigenvalue weighted by atomic mass is 10.1. The Bertz CT molecular complexity index is 710. The van der Waals surface area contributed by atoms with E-state index in [0.717, 1.165) is 17.9 Å². The highest BCUT2D eigenvalue weighted by molar-refractivity contribution is 7.13. The van der Waals surface area contributed by atoms with Crippen LogP contribution >= 0.6 is 11.3 Å². The molecule has 3 rings (SSSR count). The number of hydrogen-bond acceptors (Lipinski definition) is 4. The molecule has 6 heteroatoms. The largest absolute Gasteiger partial charge is 0.304 e. The van der Waals surface area contributed by atoms with E-state index in [4.69, 9.17) is 0 Å². The highest BCUT2D eigenvalue weighted by atomic mass is 32.1. The van der Waals surface area contributed by atoms with Crippen LogP contribution in [0.25, 0.3) is 10.6 Å².